The highest BCUT2D eigenvalue weighted by atomic mass is 35.5. The summed E-state index contributed by atoms with van der Waals surface area (Å²) >= 11 is 6.05. The molecule has 1 aliphatic rings. The van der Waals surface area contributed by atoms with E-state index in [0.717, 1.165) is 31.5 Å². The molecule has 0 radical (unpaired) electrons. The standard InChI is InChI=1S/C14H17ClN2O3/c15-12-7-10(4-5-11(12)14(16)20)17-6-2-1-3-9(17)8-13(18)19/h4-5,7,9H,1-3,6,8H2,(H2,16,20)(H,18,19). The maximum absolute atomic E-state index is 11.2. The van der Waals surface area contributed by atoms with Crippen LogP contribution in [0.5, 0.6) is 0 Å². The molecule has 0 saturated carbocycles. The van der Waals surface area contributed by atoms with Crippen molar-refractivity contribution in [1.29, 1.82) is 0 Å². The van der Waals surface area contributed by atoms with Crippen molar-refractivity contribution < 1.29 is 14.7 Å². The lowest BCUT2D eigenvalue weighted by atomic mass is 9.98. The predicted molar refractivity (Wildman–Crippen MR) is 77.2 cm³/mol. The molecule has 108 valence electrons. The number of anilines is 1. The van der Waals surface area contributed by atoms with Gasteiger partial charge in [0, 0.05) is 18.3 Å². The minimum atomic E-state index is -0.804. The predicted octanol–water partition coefficient (Wildman–Crippen LogP) is 2.27. The lowest BCUT2D eigenvalue weighted by Crippen LogP contribution is -2.41. The van der Waals surface area contributed by atoms with E-state index in [-0.39, 0.29) is 18.0 Å². The van der Waals surface area contributed by atoms with Crippen LogP contribution < -0.4 is 10.6 Å². The van der Waals surface area contributed by atoms with E-state index in [1.165, 1.54) is 0 Å². The number of carboxylic acids is 1. The number of carbonyl (C=O) groups is 2. The first-order valence-corrected chi connectivity index (χ1v) is 6.94. The van der Waals surface area contributed by atoms with E-state index in [1.807, 2.05) is 4.90 Å². The van der Waals surface area contributed by atoms with Crippen LogP contribution in [0.2, 0.25) is 5.02 Å². The van der Waals surface area contributed by atoms with Gasteiger partial charge in [-0.3, -0.25) is 9.59 Å². The average molecular weight is 297 g/mol. The van der Waals surface area contributed by atoms with Crippen molar-refractivity contribution in [3.05, 3.63) is 28.8 Å². The van der Waals surface area contributed by atoms with Gasteiger partial charge in [-0.05, 0) is 37.5 Å². The smallest absolute Gasteiger partial charge is 0.305 e. The fraction of sp³-hybridized carbons (Fsp3) is 0.429. The summed E-state index contributed by atoms with van der Waals surface area (Å²) in [5.41, 5.74) is 6.34. The van der Waals surface area contributed by atoms with Crippen molar-refractivity contribution in [2.75, 3.05) is 11.4 Å². The van der Waals surface area contributed by atoms with Gasteiger partial charge >= 0.3 is 5.97 Å². The summed E-state index contributed by atoms with van der Waals surface area (Å²) in [4.78, 5) is 24.2. The Morgan fingerprint density at radius 1 is 1.40 bits per heavy atom. The lowest BCUT2D eigenvalue weighted by Gasteiger charge is -2.37. The average Bonchev–Trinajstić information content (AvgIpc) is 2.38. The summed E-state index contributed by atoms with van der Waals surface area (Å²) in [7, 11) is 0. The fourth-order valence-electron chi connectivity index (χ4n) is 2.64. The number of piperidine rings is 1. The minimum Gasteiger partial charge on any atom is -0.481 e. The third-order valence-electron chi connectivity index (χ3n) is 3.59. The molecule has 0 aliphatic carbocycles. The Morgan fingerprint density at radius 2 is 2.15 bits per heavy atom. The number of halogens is 1. The minimum absolute atomic E-state index is 0.0308. The summed E-state index contributed by atoms with van der Waals surface area (Å²) in [6, 6.07) is 5.01. The molecule has 0 spiro atoms. The number of nitrogens with zero attached hydrogens (tertiary/aromatic N) is 1. The number of amides is 1. The van der Waals surface area contributed by atoms with E-state index in [4.69, 9.17) is 22.4 Å². The molecule has 1 amide bonds. The zero-order chi connectivity index (χ0) is 14.7. The second-order valence-electron chi connectivity index (χ2n) is 4.97. The molecule has 1 heterocycles. The van der Waals surface area contributed by atoms with Gasteiger partial charge in [0.15, 0.2) is 0 Å². The number of rotatable bonds is 4. The third-order valence-corrected chi connectivity index (χ3v) is 3.90. The van der Waals surface area contributed by atoms with Crippen molar-refractivity contribution in [1.82, 2.24) is 0 Å². The Balaban J connectivity index is 2.26. The van der Waals surface area contributed by atoms with Crippen molar-refractivity contribution in [2.45, 2.75) is 31.7 Å². The molecule has 6 heteroatoms. The van der Waals surface area contributed by atoms with Crippen LogP contribution in [-0.4, -0.2) is 29.6 Å². The number of aliphatic carboxylic acids is 1. The van der Waals surface area contributed by atoms with E-state index < -0.39 is 11.9 Å². The number of carbonyl (C=O) groups excluding carboxylic acids is 1. The Bertz CT molecular complexity index is 533. The van der Waals surface area contributed by atoms with Crippen LogP contribution in [-0.2, 0) is 4.79 Å². The molecule has 3 N–H and O–H groups in total. The highest BCUT2D eigenvalue weighted by Crippen LogP contribution is 2.30. The molecule has 0 bridgehead atoms. The van der Waals surface area contributed by atoms with Gasteiger partial charge in [-0.2, -0.15) is 0 Å². The maximum Gasteiger partial charge on any atom is 0.305 e. The number of nitrogens with two attached hydrogens (primary N) is 1. The summed E-state index contributed by atoms with van der Waals surface area (Å²) < 4.78 is 0. The van der Waals surface area contributed by atoms with Gasteiger partial charge < -0.3 is 15.7 Å². The molecule has 0 aromatic heterocycles. The molecule has 20 heavy (non-hydrogen) atoms. The SMILES string of the molecule is NC(=O)c1ccc(N2CCCCC2CC(=O)O)cc1Cl. The molecular formula is C14H17ClN2O3. The number of primary amides is 1. The van der Waals surface area contributed by atoms with Gasteiger partial charge in [-0.25, -0.2) is 0 Å². The van der Waals surface area contributed by atoms with E-state index in [0.29, 0.717) is 5.02 Å². The van der Waals surface area contributed by atoms with Crippen molar-refractivity contribution in [2.24, 2.45) is 5.73 Å². The van der Waals surface area contributed by atoms with E-state index in [1.54, 1.807) is 18.2 Å². The summed E-state index contributed by atoms with van der Waals surface area (Å²) in [6.07, 6.45) is 3.00. The molecule has 1 fully saturated rings. The van der Waals surface area contributed by atoms with E-state index >= 15 is 0 Å². The zero-order valence-electron chi connectivity index (χ0n) is 11.0. The van der Waals surface area contributed by atoms with Crippen molar-refractivity contribution in [3.8, 4) is 0 Å². The highest BCUT2D eigenvalue weighted by molar-refractivity contribution is 6.34. The monoisotopic (exact) mass is 296 g/mol. The first-order chi connectivity index (χ1) is 9.49. The van der Waals surface area contributed by atoms with Crippen LogP contribution in [0.3, 0.4) is 0 Å². The van der Waals surface area contributed by atoms with Crippen molar-refractivity contribution >= 4 is 29.2 Å². The largest absolute Gasteiger partial charge is 0.481 e. The summed E-state index contributed by atoms with van der Waals surface area (Å²) in [5, 5.41) is 9.29. The van der Waals surface area contributed by atoms with Gasteiger partial charge in [0.05, 0.1) is 17.0 Å². The molecular weight excluding hydrogens is 280 g/mol. The molecule has 1 unspecified atom stereocenters. The van der Waals surface area contributed by atoms with Gasteiger partial charge in [0.1, 0.15) is 0 Å². The number of benzene rings is 1. The Morgan fingerprint density at radius 3 is 2.75 bits per heavy atom. The first kappa shape index (κ1) is 14.7. The molecule has 1 aliphatic heterocycles. The van der Waals surface area contributed by atoms with Gasteiger partial charge in [-0.15, -0.1) is 0 Å². The molecule has 1 atom stereocenters. The molecule has 1 saturated heterocycles. The lowest BCUT2D eigenvalue weighted by molar-refractivity contribution is -0.137. The van der Waals surface area contributed by atoms with Crippen LogP contribution in [0.4, 0.5) is 5.69 Å². The topological polar surface area (TPSA) is 83.6 Å². The number of carboxylic acid groups (broad SMARTS) is 1. The van der Waals surface area contributed by atoms with E-state index in [9.17, 15) is 9.59 Å². The quantitative estimate of drug-likeness (QED) is 0.893. The second kappa shape index (κ2) is 6.13. The van der Waals surface area contributed by atoms with Crippen LogP contribution in [0.25, 0.3) is 0 Å². The normalized spacial score (nSPS) is 18.9. The highest BCUT2D eigenvalue weighted by Gasteiger charge is 2.25. The van der Waals surface area contributed by atoms with Gasteiger partial charge in [-0.1, -0.05) is 11.6 Å². The van der Waals surface area contributed by atoms with Gasteiger partial charge in [0.2, 0.25) is 5.91 Å². The first-order valence-electron chi connectivity index (χ1n) is 6.57. The summed E-state index contributed by atoms with van der Waals surface area (Å²) in [6.45, 7) is 0.796. The Kier molecular flexibility index (Phi) is 4.49. The van der Waals surface area contributed by atoms with Gasteiger partial charge in [0.25, 0.3) is 0 Å². The van der Waals surface area contributed by atoms with E-state index in [2.05, 4.69) is 0 Å². The number of hydrogen-bond donors (Lipinski definition) is 2. The summed E-state index contributed by atoms with van der Waals surface area (Å²) in [5.74, 6) is -1.37. The van der Waals surface area contributed by atoms with Crippen LogP contribution in [0, 0.1) is 0 Å². The molecule has 2 rings (SSSR count). The molecule has 1 aromatic rings. The van der Waals surface area contributed by atoms with Crippen LogP contribution in [0.1, 0.15) is 36.0 Å². The number of hydrogen-bond acceptors (Lipinski definition) is 3. The third kappa shape index (κ3) is 3.22. The zero-order valence-corrected chi connectivity index (χ0v) is 11.8. The second-order valence-corrected chi connectivity index (χ2v) is 5.38. The Labute approximate surface area is 122 Å². The van der Waals surface area contributed by atoms with Crippen LogP contribution in [0.15, 0.2) is 18.2 Å². The van der Waals surface area contributed by atoms with Crippen molar-refractivity contribution in [3.63, 3.8) is 0 Å². The fourth-order valence-corrected chi connectivity index (χ4v) is 2.90. The van der Waals surface area contributed by atoms with Crippen LogP contribution >= 0.6 is 11.6 Å². The maximum atomic E-state index is 11.2. The Hall–Kier alpha value is -1.75. The molecule has 1 aromatic carbocycles. The molecule has 5 nitrogen and oxygen atoms in total.